The van der Waals surface area contributed by atoms with Crippen LogP contribution in [-0.2, 0) is 23.9 Å². The summed E-state index contributed by atoms with van der Waals surface area (Å²) in [6, 6.07) is 20.6. The van der Waals surface area contributed by atoms with Crippen LogP contribution in [0.3, 0.4) is 0 Å². The maximum absolute atomic E-state index is 13.6. The summed E-state index contributed by atoms with van der Waals surface area (Å²) < 4.78 is 28.7. The molecule has 0 amide bonds. The zero-order valence-electron chi connectivity index (χ0n) is 23.7. The molecule has 220 valence electrons. The van der Waals surface area contributed by atoms with Crippen LogP contribution < -0.4 is 10.6 Å². The molecule has 9 nitrogen and oxygen atoms in total. The van der Waals surface area contributed by atoms with Crippen molar-refractivity contribution in [2.45, 2.75) is 19.2 Å². The van der Waals surface area contributed by atoms with Crippen molar-refractivity contribution in [1.29, 1.82) is 0 Å². The molecule has 3 N–H and O–H groups in total. The van der Waals surface area contributed by atoms with E-state index in [0.29, 0.717) is 37.7 Å². The summed E-state index contributed by atoms with van der Waals surface area (Å²) in [5.74, 6) is 0.997. The molecule has 0 saturated heterocycles. The Bertz CT molecular complexity index is 1900. The SMILES string of the molecule is CS(=O)CCNCC(O)Cn1ccc(-c2ccc3ncnc(Nc4ccc5c(cnn5Cc5cccc(F)c5)c4)c3c2)c1. The zero-order valence-corrected chi connectivity index (χ0v) is 24.5. The predicted molar refractivity (Wildman–Crippen MR) is 169 cm³/mol. The first-order valence-electron chi connectivity index (χ1n) is 14.0. The summed E-state index contributed by atoms with van der Waals surface area (Å²) in [6.07, 6.45) is 8.43. The second-order valence-electron chi connectivity index (χ2n) is 10.5. The van der Waals surface area contributed by atoms with Gasteiger partial charge in [-0.05, 0) is 65.2 Å². The van der Waals surface area contributed by atoms with E-state index in [-0.39, 0.29) is 5.82 Å². The van der Waals surface area contributed by atoms with Crippen molar-refractivity contribution in [1.82, 2.24) is 29.6 Å². The number of hydrogen-bond donors (Lipinski definition) is 3. The van der Waals surface area contributed by atoms with Gasteiger partial charge in [0.1, 0.15) is 18.0 Å². The number of fused-ring (bicyclic) bond motifs is 2. The Kier molecular flexibility index (Phi) is 8.55. The van der Waals surface area contributed by atoms with E-state index in [1.165, 1.54) is 12.1 Å². The van der Waals surface area contributed by atoms with Gasteiger partial charge in [-0.25, -0.2) is 14.4 Å². The fourth-order valence-electron chi connectivity index (χ4n) is 5.09. The number of benzene rings is 3. The predicted octanol–water partition coefficient (Wildman–Crippen LogP) is 4.71. The molecule has 0 radical (unpaired) electrons. The average Bonchev–Trinajstić information content (AvgIpc) is 3.62. The lowest BCUT2D eigenvalue weighted by Crippen LogP contribution is -2.32. The lowest BCUT2D eigenvalue weighted by Gasteiger charge is -2.12. The van der Waals surface area contributed by atoms with Gasteiger partial charge in [0, 0.05) is 71.3 Å². The second kappa shape index (κ2) is 12.8. The van der Waals surface area contributed by atoms with Gasteiger partial charge < -0.3 is 20.3 Å². The molecule has 43 heavy (non-hydrogen) atoms. The molecule has 3 aromatic heterocycles. The summed E-state index contributed by atoms with van der Waals surface area (Å²) in [6.45, 7) is 1.98. The lowest BCUT2D eigenvalue weighted by atomic mass is 10.1. The molecule has 6 aromatic rings. The number of aliphatic hydroxyl groups excluding tert-OH is 1. The molecule has 2 atom stereocenters. The molecule has 3 heterocycles. The van der Waals surface area contributed by atoms with Crippen molar-refractivity contribution in [3.8, 4) is 11.1 Å². The van der Waals surface area contributed by atoms with Crippen molar-refractivity contribution >= 4 is 44.1 Å². The fourth-order valence-corrected chi connectivity index (χ4v) is 5.52. The Labute approximate surface area is 250 Å². The highest BCUT2D eigenvalue weighted by Gasteiger charge is 2.11. The molecular formula is C32H32FN7O2S. The molecule has 0 fully saturated rings. The summed E-state index contributed by atoms with van der Waals surface area (Å²) in [7, 11) is -0.848. The van der Waals surface area contributed by atoms with Crippen LogP contribution in [0.25, 0.3) is 32.9 Å². The lowest BCUT2D eigenvalue weighted by molar-refractivity contribution is 0.152. The highest BCUT2D eigenvalue weighted by Crippen LogP contribution is 2.30. The van der Waals surface area contributed by atoms with Crippen LogP contribution in [-0.4, -0.2) is 64.8 Å². The largest absolute Gasteiger partial charge is 0.390 e. The molecule has 0 aliphatic carbocycles. The molecule has 0 bridgehead atoms. The average molecular weight is 598 g/mol. The summed E-state index contributed by atoms with van der Waals surface area (Å²) in [5, 5.41) is 23.4. The third-order valence-electron chi connectivity index (χ3n) is 7.21. The van der Waals surface area contributed by atoms with Gasteiger partial charge in [0.15, 0.2) is 0 Å². The minimum atomic E-state index is -0.848. The summed E-state index contributed by atoms with van der Waals surface area (Å²) in [5.41, 5.74) is 5.51. The van der Waals surface area contributed by atoms with E-state index in [1.807, 2.05) is 64.1 Å². The van der Waals surface area contributed by atoms with Gasteiger partial charge >= 0.3 is 0 Å². The van der Waals surface area contributed by atoms with Gasteiger partial charge in [-0.2, -0.15) is 5.10 Å². The quantitative estimate of drug-likeness (QED) is 0.175. The fraction of sp³-hybridized carbons (Fsp3) is 0.219. The number of hydrogen-bond acceptors (Lipinski definition) is 7. The van der Waals surface area contributed by atoms with Gasteiger partial charge in [-0.15, -0.1) is 0 Å². The maximum atomic E-state index is 13.6. The molecule has 6 rings (SSSR count). The van der Waals surface area contributed by atoms with E-state index in [1.54, 1.807) is 24.8 Å². The monoisotopic (exact) mass is 597 g/mol. The normalized spacial score (nSPS) is 13.0. The minimum Gasteiger partial charge on any atom is -0.390 e. The molecule has 11 heteroatoms. The van der Waals surface area contributed by atoms with Crippen LogP contribution in [0.5, 0.6) is 0 Å². The first-order valence-corrected chi connectivity index (χ1v) is 15.7. The number of nitrogens with zero attached hydrogens (tertiary/aromatic N) is 5. The maximum Gasteiger partial charge on any atom is 0.141 e. The molecule has 0 saturated carbocycles. The first-order chi connectivity index (χ1) is 20.9. The number of nitrogens with one attached hydrogen (secondary N) is 2. The second-order valence-corrected chi connectivity index (χ2v) is 12.1. The molecular weight excluding hydrogens is 565 g/mol. The Morgan fingerprint density at radius 1 is 1.05 bits per heavy atom. The van der Waals surface area contributed by atoms with Crippen molar-refractivity contribution < 1.29 is 13.7 Å². The number of anilines is 2. The smallest absolute Gasteiger partial charge is 0.141 e. The number of aliphatic hydroxyl groups is 1. The highest BCUT2D eigenvalue weighted by atomic mass is 32.2. The van der Waals surface area contributed by atoms with Crippen molar-refractivity contribution in [3.05, 3.63) is 103 Å². The first kappa shape index (κ1) is 28.7. The summed E-state index contributed by atoms with van der Waals surface area (Å²) in [4.78, 5) is 8.99. The van der Waals surface area contributed by atoms with E-state index < -0.39 is 16.9 Å². The molecule has 2 unspecified atom stereocenters. The standard InChI is InChI=1S/C32H32FN7O2S/c1-43(42)12-10-34-17-28(41)20-39-11-9-24(19-39)23-5-7-30-29(15-23)32(36-21-35-30)38-27-6-8-31-25(14-27)16-37-40(31)18-22-3-2-4-26(33)13-22/h2-9,11,13-16,19,21,28,34,41H,10,12,17-18,20H2,1H3,(H,35,36,38). The van der Waals surface area contributed by atoms with Gasteiger partial charge in [0.2, 0.25) is 0 Å². The Morgan fingerprint density at radius 3 is 2.81 bits per heavy atom. The van der Waals surface area contributed by atoms with Gasteiger partial charge in [0.05, 0.1) is 29.9 Å². The molecule has 0 aliphatic rings. The molecule has 0 aliphatic heterocycles. The van der Waals surface area contributed by atoms with Gasteiger partial charge in [-0.3, -0.25) is 8.89 Å². The summed E-state index contributed by atoms with van der Waals surface area (Å²) >= 11 is 0. The molecule has 0 spiro atoms. The Morgan fingerprint density at radius 2 is 1.95 bits per heavy atom. The topological polar surface area (TPSA) is 110 Å². The van der Waals surface area contributed by atoms with E-state index in [9.17, 15) is 13.7 Å². The Balaban J connectivity index is 1.17. The van der Waals surface area contributed by atoms with E-state index >= 15 is 0 Å². The zero-order chi connectivity index (χ0) is 29.8. The van der Waals surface area contributed by atoms with Crippen molar-refractivity contribution in [2.24, 2.45) is 0 Å². The van der Waals surface area contributed by atoms with E-state index in [2.05, 4.69) is 31.8 Å². The highest BCUT2D eigenvalue weighted by molar-refractivity contribution is 7.84. The number of aromatic nitrogens is 5. The molecule has 3 aromatic carbocycles. The Hall–Kier alpha value is -4.45. The van der Waals surface area contributed by atoms with Crippen LogP contribution in [0, 0.1) is 5.82 Å². The van der Waals surface area contributed by atoms with Crippen molar-refractivity contribution in [2.75, 3.05) is 30.4 Å². The van der Waals surface area contributed by atoms with Crippen LogP contribution in [0.15, 0.2) is 91.6 Å². The number of rotatable bonds is 12. The minimum absolute atomic E-state index is 0.260. The van der Waals surface area contributed by atoms with Crippen LogP contribution in [0.2, 0.25) is 0 Å². The van der Waals surface area contributed by atoms with Crippen LogP contribution in [0.4, 0.5) is 15.9 Å². The van der Waals surface area contributed by atoms with Gasteiger partial charge in [0.25, 0.3) is 0 Å². The van der Waals surface area contributed by atoms with Crippen molar-refractivity contribution in [3.63, 3.8) is 0 Å². The van der Waals surface area contributed by atoms with E-state index in [4.69, 9.17) is 0 Å². The van der Waals surface area contributed by atoms with Crippen LogP contribution >= 0.6 is 0 Å². The van der Waals surface area contributed by atoms with E-state index in [0.717, 1.165) is 44.2 Å². The number of halogens is 1. The van der Waals surface area contributed by atoms with Crippen LogP contribution in [0.1, 0.15) is 5.56 Å². The third-order valence-corrected chi connectivity index (χ3v) is 7.99. The van der Waals surface area contributed by atoms with Gasteiger partial charge in [-0.1, -0.05) is 18.2 Å². The third kappa shape index (κ3) is 6.96.